The second kappa shape index (κ2) is 6.74. The Morgan fingerprint density at radius 3 is 2.42 bits per heavy atom. The van der Waals surface area contributed by atoms with E-state index in [0.717, 1.165) is 12.8 Å². The molecule has 0 fully saturated rings. The van der Waals surface area contributed by atoms with Crippen molar-refractivity contribution >= 4 is 5.97 Å². The number of aryl methyl sites for hydroxylation is 1. The summed E-state index contributed by atoms with van der Waals surface area (Å²) in [5.74, 6) is 0.496. The summed E-state index contributed by atoms with van der Waals surface area (Å²) in [5, 5.41) is 0. The molecule has 0 radical (unpaired) electrons. The largest absolute Gasteiger partial charge is 0.427 e. The van der Waals surface area contributed by atoms with Gasteiger partial charge in [-0.05, 0) is 41.5 Å². The van der Waals surface area contributed by atoms with Gasteiger partial charge in [-0.25, -0.2) is 0 Å². The standard InChI is InChI=1S/C17H26O2/c1-6-8-9-13-12-14(19-16(18)7-2)10-11-15(13)17(3,4)5/h10-12H,6-9H2,1-5H3. The van der Waals surface area contributed by atoms with Crippen molar-refractivity contribution in [1.82, 2.24) is 0 Å². The third-order valence-electron chi connectivity index (χ3n) is 3.20. The number of unbranched alkanes of at least 4 members (excludes halogenated alkanes) is 1. The molecule has 0 amide bonds. The molecule has 2 heteroatoms. The Balaban J connectivity index is 3.04. The van der Waals surface area contributed by atoms with Gasteiger partial charge in [0, 0.05) is 6.42 Å². The van der Waals surface area contributed by atoms with Gasteiger partial charge < -0.3 is 4.74 Å². The van der Waals surface area contributed by atoms with Gasteiger partial charge in [0.25, 0.3) is 0 Å². The van der Waals surface area contributed by atoms with Crippen LogP contribution < -0.4 is 4.74 Å². The number of esters is 1. The summed E-state index contributed by atoms with van der Waals surface area (Å²) in [6.07, 6.45) is 3.78. The van der Waals surface area contributed by atoms with E-state index in [4.69, 9.17) is 4.74 Å². The SMILES string of the molecule is CCCCc1cc(OC(=O)CC)ccc1C(C)(C)C. The fourth-order valence-corrected chi connectivity index (χ4v) is 2.14. The van der Waals surface area contributed by atoms with Crippen LogP contribution in [0.4, 0.5) is 0 Å². The predicted molar refractivity (Wildman–Crippen MR) is 79.7 cm³/mol. The van der Waals surface area contributed by atoms with Crippen LogP contribution in [0.25, 0.3) is 0 Å². The monoisotopic (exact) mass is 262 g/mol. The molecule has 1 aromatic rings. The van der Waals surface area contributed by atoms with Crippen LogP contribution in [0.5, 0.6) is 5.75 Å². The highest BCUT2D eigenvalue weighted by molar-refractivity contribution is 5.72. The Morgan fingerprint density at radius 1 is 1.21 bits per heavy atom. The minimum Gasteiger partial charge on any atom is -0.427 e. The Morgan fingerprint density at radius 2 is 1.89 bits per heavy atom. The van der Waals surface area contributed by atoms with E-state index in [1.54, 1.807) is 0 Å². The lowest BCUT2D eigenvalue weighted by molar-refractivity contribution is -0.134. The van der Waals surface area contributed by atoms with Gasteiger partial charge in [0.2, 0.25) is 0 Å². The number of hydrogen-bond acceptors (Lipinski definition) is 2. The van der Waals surface area contributed by atoms with Gasteiger partial charge in [0.1, 0.15) is 5.75 Å². The Hall–Kier alpha value is -1.31. The van der Waals surface area contributed by atoms with E-state index in [9.17, 15) is 4.79 Å². The van der Waals surface area contributed by atoms with Crippen molar-refractivity contribution in [2.24, 2.45) is 0 Å². The Kier molecular flexibility index (Phi) is 5.59. The lowest BCUT2D eigenvalue weighted by Crippen LogP contribution is -2.15. The van der Waals surface area contributed by atoms with Gasteiger partial charge in [0.05, 0.1) is 0 Å². The normalized spacial score (nSPS) is 11.4. The van der Waals surface area contributed by atoms with Gasteiger partial charge in [-0.15, -0.1) is 0 Å². The van der Waals surface area contributed by atoms with Gasteiger partial charge in [-0.1, -0.05) is 47.1 Å². The minimum atomic E-state index is -0.176. The second-order valence-corrected chi connectivity index (χ2v) is 6.00. The van der Waals surface area contributed by atoms with Crippen molar-refractivity contribution in [2.45, 2.75) is 65.7 Å². The van der Waals surface area contributed by atoms with Crippen LogP contribution in [0.1, 0.15) is 65.0 Å². The zero-order chi connectivity index (χ0) is 14.5. The molecule has 0 heterocycles. The minimum absolute atomic E-state index is 0.121. The highest BCUT2D eigenvalue weighted by Gasteiger charge is 2.18. The molecule has 0 aliphatic heterocycles. The molecular formula is C17H26O2. The molecule has 0 spiro atoms. The number of ether oxygens (including phenoxy) is 1. The van der Waals surface area contributed by atoms with E-state index in [1.165, 1.54) is 17.5 Å². The molecule has 0 N–H and O–H groups in total. The third-order valence-corrected chi connectivity index (χ3v) is 3.20. The van der Waals surface area contributed by atoms with Crippen molar-refractivity contribution in [2.75, 3.05) is 0 Å². The zero-order valence-electron chi connectivity index (χ0n) is 12.9. The summed E-state index contributed by atoms with van der Waals surface area (Å²) in [7, 11) is 0. The molecule has 2 nitrogen and oxygen atoms in total. The van der Waals surface area contributed by atoms with E-state index in [1.807, 2.05) is 19.1 Å². The highest BCUT2D eigenvalue weighted by atomic mass is 16.5. The molecule has 0 bridgehead atoms. The van der Waals surface area contributed by atoms with Crippen LogP contribution in [0, 0.1) is 0 Å². The van der Waals surface area contributed by atoms with E-state index in [0.29, 0.717) is 12.2 Å². The van der Waals surface area contributed by atoms with E-state index in [-0.39, 0.29) is 11.4 Å². The van der Waals surface area contributed by atoms with Gasteiger partial charge in [-0.3, -0.25) is 4.79 Å². The quantitative estimate of drug-likeness (QED) is 0.570. The molecule has 0 aromatic heterocycles. The number of carbonyl (C=O) groups is 1. The average molecular weight is 262 g/mol. The first kappa shape index (κ1) is 15.7. The molecule has 19 heavy (non-hydrogen) atoms. The fraction of sp³-hybridized carbons (Fsp3) is 0.588. The maximum atomic E-state index is 11.4. The third kappa shape index (κ3) is 4.70. The van der Waals surface area contributed by atoms with Crippen molar-refractivity contribution in [3.05, 3.63) is 29.3 Å². The number of rotatable bonds is 5. The van der Waals surface area contributed by atoms with Crippen molar-refractivity contribution in [1.29, 1.82) is 0 Å². The van der Waals surface area contributed by atoms with Crippen LogP contribution in [-0.2, 0) is 16.6 Å². The molecule has 0 unspecified atom stereocenters. The Bertz CT molecular complexity index is 427. The van der Waals surface area contributed by atoms with Gasteiger partial charge in [-0.2, -0.15) is 0 Å². The van der Waals surface area contributed by atoms with E-state index >= 15 is 0 Å². The summed E-state index contributed by atoms with van der Waals surface area (Å²) in [4.78, 5) is 11.4. The highest BCUT2D eigenvalue weighted by Crippen LogP contribution is 2.30. The van der Waals surface area contributed by atoms with Crippen molar-refractivity contribution < 1.29 is 9.53 Å². The maximum Gasteiger partial charge on any atom is 0.310 e. The molecule has 0 aliphatic carbocycles. The summed E-state index contributed by atoms with van der Waals surface area (Å²) in [6.45, 7) is 10.7. The topological polar surface area (TPSA) is 26.3 Å². The average Bonchev–Trinajstić information content (AvgIpc) is 2.35. The number of hydrogen-bond donors (Lipinski definition) is 0. The van der Waals surface area contributed by atoms with Crippen LogP contribution in [0.3, 0.4) is 0 Å². The number of benzene rings is 1. The lowest BCUT2D eigenvalue weighted by atomic mass is 9.82. The van der Waals surface area contributed by atoms with Gasteiger partial charge >= 0.3 is 5.97 Å². The molecule has 0 saturated carbocycles. The maximum absolute atomic E-state index is 11.4. The number of carbonyl (C=O) groups excluding carboxylic acids is 1. The molecule has 106 valence electrons. The molecule has 0 saturated heterocycles. The molecular weight excluding hydrogens is 236 g/mol. The van der Waals surface area contributed by atoms with Crippen LogP contribution in [0.2, 0.25) is 0 Å². The van der Waals surface area contributed by atoms with Gasteiger partial charge in [0.15, 0.2) is 0 Å². The molecule has 0 atom stereocenters. The predicted octanol–water partition coefficient (Wildman–Crippen LogP) is 4.64. The first-order valence-corrected chi connectivity index (χ1v) is 7.22. The fourth-order valence-electron chi connectivity index (χ4n) is 2.14. The summed E-state index contributed by atoms with van der Waals surface area (Å²) in [6, 6.07) is 6.04. The molecule has 1 aromatic carbocycles. The zero-order valence-corrected chi connectivity index (χ0v) is 12.9. The Labute approximate surface area is 117 Å². The summed E-state index contributed by atoms with van der Waals surface area (Å²) < 4.78 is 5.31. The second-order valence-electron chi connectivity index (χ2n) is 6.00. The van der Waals surface area contributed by atoms with Crippen molar-refractivity contribution in [3.63, 3.8) is 0 Å². The summed E-state index contributed by atoms with van der Waals surface area (Å²) in [5.41, 5.74) is 2.77. The lowest BCUT2D eigenvalue weighted by Gasteiger charge is -2.23. The van der Waals surface area contributed by atoms with Crippen LogP contribution in [0.15, 0.2) is 18.2 Å². The molecule has 0 aliphatic rings. The van der Waals surface area contributed by atoms with Crippen molar-refractivity contribution in [3.8, 4) is 5.75 Å². The van der Waals surface area contributed by atoms with E-state index < -0.39 is 0 Å². The van der Waals surface area contributed by atoms with E-state index in [2.05, 4.69) is 33.8 Å². The molecule has 1 rings (SSSR count). The smallest absolute Gasteiger partial charge is 0.310 e. The van der Waals surface area contributed by atoms with Crippen LogP contribution >= 0.6 is 0 Å². The first-order valence-electron chi connectivity index (χ1n) is 7.22. The first-order chi connectivity index (χ1) is 8.88. The van der Waals surface area contributed by atoms with Crippen LogP contribution in [-0.4, -0.2) is 5.97 Å². The summed E-state index contributed by atoms with van der Waals surface area (Å²) >= 11 is 0.